The van der Waals surface area contributed by atoms with Crippen LogP contribution in [0.4, 0.5) is 0 Å². The summed E-state index contributed by atoms with van der Waals surface area (Å²) in [4.78, 5) is 4.46. The molecule has 4 nitrogen and oxygen atoms in total. The van der Waals surface area contributed by atoms with Crippen molar-refractivity contribution in [3.8, 4) is 5.88 Å². The van der Waals surface area contributed by atoms with Crippen LogP contribution in [-0.4, -0.2) is 29.8 Å². The maximum Gasteiger partial charge on any atom is 0.213 e. The van der Waals surface area contributed by atoms with E-state index in [1.165, 1.54) is 0 Å². The molecular formula is C11H14N2O2S. The van der Waals surface area contributed by atoms with Gasteiger partial charge in [0.2, 0.25) is 5.88 Å². The molecule has 5 heteroatoms. The third kappa shape index (κ3) is 2.90. The molecule has 0 aromatic carbocycles. The summed E-state index contributed by atoms with van der Waals surface area (Å²) in [6.45, 7) is 2.23. The van der Waals surface area contributed by atoms with Crippen molar-refractivity contribution in [1.29, 1.82) is 0 Å². The molecule has 0 saturated carbocycles. The number of nitrogens with two attached hydrogens (primary N) is 1. The summed E-state index contributed by atoms with van der Waals surface area (Å²) in [5, 5.41) is 0. The minimum atomic E-state index is 0.358. The summed E-state index contributed by atoms with van der Waals surface area (Å²) in [6.07, 6.45) is 2.70. The van der Waals surface area contributed by atoms with Gasteiger partial charge in [0, 0.05) is 30.4 Å². The molecule has 0 bridgehead atoms. The molecule has 0 spiro atoms. The fraction of sp³-hybridized carbons (Fsp3) is 0.455. The highest BCUT2D eigenvalue weighted by atomic mass is 32.1. The first-order valence-electron chi connectivity index (χ1n) is 5.22. The number of nitrogens with zero attached hydrogens (tertiary/aromatic N) is 1. The molecule has 1 aromatic rings. The predicted octanol–water partition coefficient (Wildman–Crippen LogP) is 1.13. The molecule has 1 fully saturated rings. The van der Waals surface area contributed by atoms with Crippen LogP contribution in [0.3, 0.4) is 0 Å². The molecule has 1 aliphatic heterocycles. The van der Waals surface area contributed by atoms with Crippen LogP contribution in [0.5, 0.6) is 5.88 Å². The maximum absolute atomic E-state index is 5.57. The summed E-state index contributed by atoms with van der Waals surface area (Å²) in [7, 11) is 0. The Morgan fingerprint density at radius 1 is 1.69 bits per heavy atom. The van der Waals surface area contributed by atoms with Crippen molar-refractivity contribution in [2.45, 2.75) is 6.42 Å². The van der Waals surface area contributed by atoms with Crippen LogP contribution < -0.4 is 10.5 Å². The minimum absolute atomic E-state index is 0.358. The molecule has 0 aliphatic carbocycles. The molecule has 1 unspecified atom stereocenters. The van der Waals surface area contributed by atoms with Gasteiger partial charge in [-0.25, -0.2) is 4.98 Å². The number of aromatic nitrogens is 1. The zero-order chi connectivity index (χ0) is 11.4. The van der Waals surface area contributed by atoms with Gasteiger partial charge >= 0.3 is 0 Å². The van der Waals surface area contributed by atoms with E-state index in [0.29, 0.717) is 23.4 Å². The number of thiocarbonyl (C=S) groups is 1. The van der Waals surface area contributed by atoms with Crippen molar-refractivity contribution in [3.05, 3.63) is 23.9 Å². The topological polar surface area (TPSA) is 57.4 Å². The van der Waals surface area contributed by atoms with Crippen molar-refractivity contribution in [2.75, 3.05) is 19.8 Å². The van der Waals surface area contributed by atoms with E-state index in [0.717, 1.165) is 25.2 Å². The normalized spacial score (nSPS) is 19.6. The van der Waals surface area contributed by atoms with E-state index in [4.69, 9.17) is 27.4 Å². The summed E-state index contributed by atoms with van der Waals surface area (Å²) in [6, 6.07) is 3.53. The van der Waals surface area contributed by atoms with E-state index >= 15 is 0 Å². The Balaban J connectivity index is 1.93. The molecule has 16 heavy (non-hydrogen) atoms. The lowest BCUT2D eigenvalue weighted by Crippen LogP contribution is -2.13. The van der Waals surface area contributed by atoms with E-state index in [-0.39, 0.29) is 0 Å². The summed E-state index contributed by atoms with van der Waals surface area (Å²) in [5.74, 6) is 1.03. The molecule has 86 valence electrons. The van der Waals surface area contributed by atoms with Gasteiger partial charge in [0.1, 0.15) is 4.99 Å². The molecule has 0 amide bonds. The largest absolute Gasteiger partial charge is 0.477 e. The van der Waals surface area contributed by atoms with Gasteiger partial charge in [0.15, 0.2) is 0 Å². The smallest absolute Gasteiger partial charge is 0.213 e. The molecule has 1 saturated heterocycles. The first-order valence-corrected chi connectivity index (χ1v) is 5.63. The minimum Gasteiger partial charge on any atom is -0.477 e. The average Bonchev–Trinajstić information content (AvgIpc) is 2.79. The zero-order valence-electron chi connectivity index (χ0n) is 8.89. The van der Waals surface area contributed by atoms with Crippen molar-refractivity contribution in [2.24, 2.45) is 11.7 Å². The fourth-order valence-electron chi connectivity index (χ4n) is 1.56. The van der Waals surface area contributed by atoms with E-state index in [9.17, 15) is 0 Å². The van der Waals surface area contributed by atoms with Crippen LogP contribution >= 0.6 is 12.2 Å². The van der Waals surface area contributed by atoms with Gasteiger partial charge < -0.3 is 15.2 Å². The van der Waals surface area contributed by atoms with Gasteiger partial charge in [0.05, 0.1) is 13.2 Å². The van der Waals surface area contributed by atoms with Crippen LogP contribution in [0.25, 0.3) is 0 Å². The van der Waals surface area contributed by atoms with Crippen LogP contribution in [0, 0.1) is 5.92 Å². The Morgan fingerprint density at radius 3 is 3.25 bits per heavy atom. The Kier molecular flexibility index (Phi) is 3.69. The lowest BCUT2D eigenvalue weighted by Gasteiger charge is -2.09. The summed E-state index contributed by atoms with van der Waals surface area (Å²) in [5.41, 5.74) is 6.31. The lowest BCUT2D eigenvalue weighted by molar-refractivity contribution is 0.165. The standard InChI is InChI=1S/C11H14N2O2S/c12-11(16)9-1-3-13-10(5-9)15-7-8-2-4-14-6-8/h1,3,5,8H,2,4,6-7H2,(H2,12,16). The Hall–Kier alpha value is -1.20. The van der Waals surface area contributed by atoms with E-state index in [1.54, 1.807) is 18.3 Å². The number of hydrogen-bond donors (Lipinski definition) is 1. The molecule has 2 N–H and O–H groups in total. The van der Waals surface area contributed by atoms with Gasteiger partial charge in [-0.1, -0.05) is 12.2 Å². The SMILES string of the molecule is NC(=S)c1ccnc(OCC2CCOC2)c1. The second-order valence-corrected chi connectivity index (χ2v) is 4.23. The quantitative estimate of drug-likeness (QED) is 0.797. The molecule has 1 aromatic heterocycles. The van der Waals surface area contributed by atoms with Crippen molar-refractivity contribution >= 4 is 17.2 Å². The highest BCUT2D eigenvalue weighted by Gasteiger charge is 2.16. The summed E-state index contributed by atoms with van der Waals surface area (Å²) < 4.78 is 10.8. The molecule has 2 rings (SSSR count). The number of pyridine rings is 1. The van der Waals surface area contributed by atoms with Crippen LogP contribution in [0.1, 0.15) is 12.0 Å². The number of rotatable bonds is 4. The number of hydrogen-bond acceptors (Lipinski definition) is 4. The third-order valence-electron chi connectivity index (χ3n) is 2.51. The fourth-order valence-corrected chi connectivity index (χ4v) is 1.69. The molecule has 2 heterocycles. The van der Waals surface area contributed by atoms with Crippen LogP contribution in [-0.2, 0) is 4.74 Å². The Labute approximate surface area is 99.8 Å². The monoisotopic (exact) mass is 238 g/mol. The average molecular weight is 238 g/mol. The predicted molar refractivity (Wildman–Crippen MR) is 64.5 cm³/mol. The Morgan fingerprint density at radius 2 is 2.56 bits per heavy atom. The summed E-state index contributed by atoms with van der Waals surface area (Å²) >= 11 is 4.89. The van der Waals surface area contributed by atoms with Gasteiger partial charge in [-0.15, -0.1) is 0 Å². The van der Waals surface area contributed by atoms with Crippen molar-refractivity contribution in [1.82, 2.24) is 4.98 Å². The zero-order valence-corrected chi connectivity index (χ0v) is 9.70. The third-order valence-corrected chi connectivity index (χ3v) is 2.75. The Bertz CT molecular complexity index is 378. The van der Waals surface area contributed by atoms with Crippen LogP contribution in [0.15, 0.2) is 18.3 Å². The first-order chi connectivity index (χ1) is 7.75. The molecule has 1 aliphatic rings. The number of ether oxygens (including phenoxy) is 2. The van der Waals surface area contributed by atoms with Gasteiger partial charge in [-0.3, -0.25) is 0 Å². The van der Waals surface area contributed by atoms with E-state index < -0.39 is 0 Å². The van der Waals surface area contributed by atoms with Gasteiger partial charge in [-0.2, -0.15) is 0 Å². The molecule has 0 radical (unpaired) electrons. The first kappa shape index (κ1) is 11.3. The van der Waals surface area contributed by atoms with Gasteiger partial charge in [-0.05, 0) is 12.5 Å². The van der Waals surface area contributed by atoms with Crippen molar-refractivity contribution < 1.29 is 9.47 Å². The second-order valence-electron chi connectivity index (χ2n) is 3.79. The highest BCUT2D eigenvalue weighted by molar-refractivity contribution is 7.80. The van der Waals surface area contributed by atoms with E-state index in [1.807, 2.05) is 0 Å². The van der Waals surface area contributed by atoms with E-state index in [2.05, 4.69) is 4.98 Å². The lowest BCUT2D eigenvalue weighted by atomic mass is 10.1. The van der Waals surface area contributed by atoms with Crippen molar-refractivity contribution in [3.63, 3.8) is 0 Å². The molecular weight excluding hydrogens is 224 g/mol. The second kappa shape index (κ2) is 5.23. The van der Waals surface area contributed by atoms with Crippen LogP contribution in [0.2, 0.25) is 0 Å². The van der Waals surface area contributed by atoms with Gasteiger partial charge in [0.25, 0.3) is 0 Å². The molecule has 1 atom stereocenters. The highest BCUT2D eigenvalue weighted by Crippen LogP contribution is 2.15. The maximum atomic E-state index is 5.57.